The van der Waals surface area contributed by atoms with Crippen LogP contribution in [-0.2, 0) is 0 Å². The minimum atomic E-state index is 0.196. The topological polar surface area (TPSA) is 26.8 Å². The first-order valence-corrected chi connectivity index (χ1v) is 6.39. The number of nitrogens with zero attached hydrogens (tertiary/aromatic N) is 3. The van der Waals surface area contributed by atoms with E-state index >= 15 is 0 Å². The molecule has 2 amide bonds. The van der Waals surface area contributed by atoms with Crippen molar-refractivity contribution in [3.05, 3.63) is 0 Å². The van der Waals surface area contributed by atoms with Gasteiger partial charge in [0, 0.05) is 38.8 Å². The fourth-order valence-corrected chi connectivity index (χ4v) is 2.81. The Kier molecular flexibility index (Phi) is 3.38. The summed E-state index contributed by atoms with van der Waals surface area (Å²) in [7, 11) is 1.88. The van der Waals surface area contributed by atoms with Gasteiger partial charge in [0.1, 0.15) is 0 Å². The minimum absolute atomic E-state index is 0.196. The summed E-state index contributed by atoms with van der Waals surface area (Å²) in [5, 5.41) is 0. The van der Waals surface area contributed by atoms with Crippen molar-refractivity contribution in [2.75, 3.05) is 33.2 Å². The lowest BCUT2D eigenvalue weighted by atomic mass is 10.1. The fraction of sp³-hybridized carbons (Fsp3) is 0.917. The number of fused-ring (bicyclic) bond motifs is 1. The zero-order valence-corrected chi connectivity index (χ0v) is 10.6. The van der Waals surface area contributed by atoms with Crippen LogP contribution in [-0.4, -0.2) is 66.0 Å². The van der Waals surface area contributed by atoms with E-state index in [0.29, 0.717) is 12.1 Å². The van der Waals surface area contributed by atoms with Crippen LogP contribution >= 0.6 is 0 Å². The highest BCUT2D eigenvalue weighted by molar-refractivity contribution is 5.74. The molecule has 2 fully saturated rings. The van der Waals surface area contributed by atoms with Gasteiger partial charge >= 0.3 is 6.03 Å². The van der Waals surface area contributed by atoms with Crippen molar-refractivity contribution in [1.29, 1.82) is 0 Å². The Morgan fingerprint density at radius 3 is 2.88 bits per heavy atom. The van der Waals surface area contributed by atoms with E-state index in [2.05, 4.69) is 16.7 Å². The van der Waals surface area contributed by atoms with Gasteiger partial charge in [-0.1, -0.05) is 0 Å². The molecule has 0 bridgehead atoms. The van der Waals surface area contributed by atoms with Crippen LogP contribution in [0.2, 0.25) is 0 Å². The largest absolute Gasteiger partial charge is 0.328 e. The Morgan fingerprint density at radius 2 is 2.19 bits per heavy atom. The second-order valence-electron chi connectivity index (χ2n) is 5.09. The van der Waals surface area contributed by atoms with Crippen LogP contribution in [0.15, 0.2) is 0 Å². The quantitative estimate of drug-likeness (QED) is 0.671. The average molecular weight is 225 g/mol. The van der Waals surface area contributed by atoms with Gasteiger partial charge in [0.2, 0.25) is 0 Å². The van der Waals surface area contributed by atoms with Crippen LogP contribution < -0.4 is 0 Å². The van der Waals surface area contributed by atoms with Crippen molar-refractivity contribution in [1.82, 2.24) is 14.7 Å². The van der Waals surface area contributed by atoms with Gasteiger partial charge in [0.15, 0.2) is 0 Å². The lowest BCUT2D eigenvalue weighted by molar-refractivity contribution is 0.0672. The average Bonchev–Trinajstić information content (AvgIpc) is 2.72. The predicted molar refractivity (Wildman–Crippen MR) is 64.5 cm³/mol. The van der Waals surface area contributed by atoms with Crippen molar-refractivity contribution in [2.45, 2.75) is 38.8 Å². The molecule has 0 aromatic heterocycles. The van der Waals surface area contributed by atoms with Gasteiger partial charge in [-0.25, -0.2) is 4.79 Å². The van der Waals surface area contributed by atoms with Crippen LogP contribution in [0.5, 0.6) is 0 Å². The van der Waals surface area contributed by atoms with Crippen molar-refractivity contribution >= 4 is 6.03 Å². The van der Waals surface area contributed by atoms with Crippen LogP contribution in [0.3, 0.4) is 0 Å². The molecule has 2 aliphatic rings. The van der Waals surface area contributed by atoms with Gasteiger partial charge in [0.25, 0.3) is 0 Å². The second-order valence-corrected chi connectivity index (χ2v) is 5.09. The zero-order chi connectivity index (χ0) is 11.7. The molecule has 16 heavy (non-hydrogen) atoms. The number of hydrogen-bond acceptors (Lipinski definition) is 2. The highest BCUT2D eigenvalue weighted by Crippen LogP contribution is 2.24. The standard InChI is InChI=1S/C12H23N3O/c1-4-13(3)12(16)15-9-11-6-5-7-14(11)8-10(15)2/h10-11H,4-9H2,1-3H3. The molecule has 92 valence electrons. The highest BCUT2D eigenvalue weighted by Gasteiger charge is 2.37. The maximum Gasteiger partial charge on any atom is 0.320 e. The summed E-state index contributed by atoms with van der Waals surface area (Å²) < 4.78 is 0. The van der Waals surface area contributed by atoms with Crippen LogP contribution in [0.4, 0.5) is 4.79 Å². The van der Waals surface area contributed by atoms with E-state index in [4.69, 9.17) is 0 Å². The monoisotopic (exact) mass is 225 g/mol. The van der Waals surface area contributed by atoms with Gasteiger partial charge in [0.05, 0.1) is 0 Å². The third kappa shape index (κ3) is 2.03. The molecular formula is C12H23N3O. The molecule has 2 aliphatic heterocycles. The smallest absolute Gasteiger partial charge is 0.320 e. The second kappa shape index (κ2) is 4.62. The molecule has 2 unspecified atom stereocenters. The summed E-state index contributed by atoms with van der Waals surface area (Å²) in [5.74, 6) is 0. The van der Waals surface area contributed by atoms with Crippen LogP contribution in [0, 0.1) is 0 Å². The molecule has 2 atom stereocenters. The molecule has 2 rings (SSSR count). The fourth-order valence-electron chi connectivity index (χ4n) is 2.81. The number of urea groups is 1. The summed E-state index contributed by atoms with van der Waals surface area (Å²) in [6.45, 7) is 8.17. The van der Waals surface area contributed by atoms with E-state index in [1.165, 1.54) is 19.4 Å². The van der Waals surface area contributed by atoms with Gasteiger partial charge in [-0.15, -0.1) is 0 Å². The summed E-state index contributed by atoms with van der Waals surface area (Å²) in [5.41, 5.74) is 0. The summed E-state index contributed by atoms with van der Waals surface area (Å²) >= 11 is 0. The predicted octanol–water partition coefficient (Wildman–Crippen LogP) is 1.23. The third-order valence-corrected chi connectivity index (χ3v) is 3.98. The third-order valence-electron chi connectivity index (χ3n) is 3.98. The summed E-state index contributed by atoms with van der Waals surface area (Å²) in [6, 6.07) is 1.17. The first-order valence-electron chi connectivity index (χ1n) is 6.39. The Hall–Kier alpha value is -0.770. The van der Waals surface area contributed by atoms with E-state index in [-0.39, 0.29) is 6.03 Å². The van der Waals surface area contributed by atoms with E-state index < -0.39 is 0 Å². The molecule has 0 saturated carbocycles. The van der Waals surface area contributed by atoms with E-state index in [1.807, 2.05) is 14.0 Å². The van der Waals surface area contributed by atoms with E-state index in [0.717, 1.165) is 19.6 Å². The molecule has 0 spiro atoms. The van der Waals surface area contributed by atoms with E-state index in [1.54, 1.807) is 4.90 Å². The van der Waals surface area contributed by atoms with Crippen LogP contribution in [0.25, 0.3) is 0 Å². The summed E-state index contributed by atoms with van der Waals surface area (Å²) in [4.78, 5) is 18.6. The first kappa shape index (κ1) is 11.7. The maximum absolute atomic E-state index is 12.2. The lowest BCUT2D eigenvalue weighted by Crippen LogP contribution is -2.59. The normalized spacial score (nSPS) is 30.3. The number of hydrogen-bond donors (Lipinski definition) is 0. The molecule has 2 heterocycles. The highest BCUT2D eigenvalue weighted by atomic mass is 16.2. The van der Waals surface area contributed by atoms with Crippen LogP contribution in [0.1, 0.15) is 26.7 Å². The first-order chi connectivity index (χ1) is 7.63. The van der Waals surface area contributed by atoms with Crippen molar-refractivity contribution in [3.63, 3.8) is 0 Å². The van der Waals surface area contributed by atoms with Crippen molar-refractivity contribution < 1.29 is 4.79 Å². The number of rotatable bonds is 1. The zero-order valence-electron chi connectivity index (χ0n) is 10.6. The molecular weight excluding hydrogens is 202 g/mol. The van der Waals surface area contributed by atoms with Crippen molar-refractivity contribution in [3.8, 4) is 0 Å². The molecule has 4 nitrogen and oxygen atoms in total. The molecule has 4 heteroatoms. The molecule has 0 aliphatic carbocycles. The number of carbonyl (C=O) groups excluding carboxylic acids is 1. The molecule has 2 saturated heterocycles. The number of amides is 2. The Labute approximate surface area is 98.2 Å². The molecule has 0 aromatic rings. The summed E-state index contributed by atoms with van der Waals surface area (Å²) in [6.07, 6.45) is 2.55. The molecule has 0 radical (unpaired) electrons. The van der Waals surface area contributed by atoms with Gasteiger partial charge in [-0.05, 0) is 33.2 Å². The van der Waals surface area contributed by atoms with Gasteiger partial charge in [-0.3, -0.25) is 4.90 Å². The Bertz CT molecular complexity index is 269. The molecule has 0 aromatic carbocycles. The van der Waals surface area contributed by atoms with E-state index in [9.17, 15) is 4.79 Å². The van der Waals surface area contributed by atoms with Crippen molar-refractivity contribution in [2.24, 2.45) is 0 Å². The number of piperazine rings is 1. The number of carbonyl (C=O) groups is 1. The van der Waals surface area contributed by atoms with Gasteiger partial charge in [-0.2, -0.15) is 0 Å². The lowest BCUT2D eigenvalue weighted by Gasteiger charge is -2.43. The molecule has 0 N–H and O–H groups in total. The maximum atomic E-state index is 12.2. The Morgan fingerprint density at radius 1 is 1.44 bits per heavy atom. The van der Waals surface area contributed by atoms with Gasteiger partial charge < -0.3 is 9.80 Å². The Balaban J connectivity index is 2.02. The minimum Gasteiger partial charge on any atom is -0.328 e. The SMILES string of the molecule is CCN(C)C(=O)N1CC2CCCN2CC1C.